The predicted octanol–water partition coefficient (Wildman–Crippen LogP) is 3.15. The van der Waals surface area contributed by atoms with E-state index in [2.05, 4.69) is 32.8 Å². The standard InChI is InChI=1S/C11H25N/c1-5-6-7-8-9-11(2)10-12(3)4/h11H,5-10H2,1-4H3. The van der Waals surface area contributed by atoms with Gasteiger partial charge in [0.15, 0.2) is 0 Å². The number of unbranched alkanes of at least 4 members (excludes halogenated alkanes) is 3. The van der Waals surface area contributed by atoms with E-state index >= 15 is 0 Å². The molecule has 0 fully saturated rings. The van der Waals surface area contributed by atoms with Crippen molar-refractivity contribution in [3.63, 3.8) is 0 Å². The number of nitrogens with zero attached hydrogens (tertiary/aromatic N) is 1. The van der Waals surface area contributed by atoms with Gasteiger partial charge in [-0.1, -0.05) is 39.5 Å². The quantitative estimate of drug-likeness (QED) is 0.532. The average molecular weight is 171 g/mol. The number of hydrogen-bond acceptors (Lipinski definition) is 1. The second-order valence-electron chi connectivity index (χ2n) is 4.22. The normalized spacial score (nSPS) is 13.8. The Balaban J connectivity index is 3.14. The number of rotatable bonds is 7. The molecule has 0 heterocycles. The average Bonchev–Trinajstić information content (AvgIpc) is 1.97. The van der Waals surface area contributed by atoms with Crippen LogP contribution in [0.3, 0.4) is 0 Å². The number of hydrogen-bond donors (Lipinski definition) is 0. The molecule has 0 radical (unpaired) electrons. The Morgan fingerprint density at radius 1 is 1.08 bits per heavy atom. The van der Waals surface area contributed by atoms with Crippen molar-refractivity contribution in [2.75, 3.05) is 20.6 Å². The van der Waals surface area contributed by atoms with Crippen molar-refractivity contribution in [3.05, 3.63) is 0 Å². The minimum Gasteiger partial charge on any atom is -0.309 e. The van der Waals surface area contributed by atoms with Gasteiger partial charge in [-0.3, -0.25) is 0 Å². The van der Waals surface area contributed by atoms with Gasteiger partial charge < -0.3 is 4.90 Å². The van der Waals surface area contributed by atoms with E-state index in [4.69, 9.17) is 0 Å². The predicted molar refractivity (Wildman–Crippen MR) is 56.5 cm³/mol. The summed E-state index contributed by atoms with van der Waals surface area (Å²) in [6.45, 7) is 5.86. The summed E-state index contributed by atoms with van der Waals surface area (Å²) in [5.74, 6) is 0.872. The van der Waals surface area contributed by atoms with Gasteiger partial charge in [-0.15, -0.1) is 0 Å². The van der Waals surface area contributed by atoms with E-state index in [9.17, 15) is 0 Å². The third kappa shape index (κ3) is 8.06. The molecule has 0 aliphatic rings. The fourth-order valence-electron chi connectivity index (χ4n) is 1.63. The second kappa shape index (κ2) is 7.60. The smallest absolute Gasteiger partial charge is 0.0000920 e. The van der Waals surface area contributed by atoms with Gasteiger partial charge in [-0.05, 0) is 26.4 Å². The third-order valence-electron chi connectivity index (χ3n) is 2.23. The first kappa shape index (κ1) is 12.0. The van der Waals surface area contributed by atoms with Gasteiger partial charge in [0, 0.05) is 6.54 Å². The SMILES string of the molecule is CCCCCCC(C)CN(C)C. The molecule has 12 heavy (non-hydrogen) atoms. The van der Waals surface area contributed by atoms with Crippen molar-refractivity contribution in [2.24, 2.45) is 5.92 Å². The summed E-state index contributed by atoms with van der Waals surface area (Å²) in [5, 5.41) is 0. The van der Waals surface area contributed by atoms with Gasteiger partial charge in [-0.25, -0.2) is 0 Å². The molecule has 0 aliphatic carbocycles. The van der Waals surface area contributed by atoms with Gasteiger partial charge in [0.25, 0.3) is 0 Å². The molecule has 1 heteroatoms. The Kier molecular flexibility index (Phi) is 7.58. The van der Waals surface area contributed by atoms with Gasteiger partial charge >= 0.3 is 0 Å². The van der Waals surface area contributed by atoms with Crippen LogP contribution < -0.4 is 0 Å². The molecule has 1 nitrogen and oxygen atoms in total. The maximum Gasteiger partial charge on any atom is 0.0000920 e. The maximum absolute atomic E-state index is 2.35. The largest absolute Gasteiger partial charge is 0.309 e. The molecule has 74 valence electrons. The van der Waals surface area contributed by atoms with Crippen LogP contribution in [0.15, 0.2) is 0 Å². The molecule has 1 atom stereocenters. The molecular formula is C11H25N. The van der Waals surface area contributed by atoms with Crippen LogP contribution in [0.5, 0.6) is 0 Å². The van der Waals surface area contributed by atoms with Crippen LogP contribution in [0.1, 0.15) is 46.0 Å². The molecule has 0 rings (SSSR count). The summed E-state index contributed by atoms with van der Waals surface area (Å²) in [4.78, 5) is 2.28. The second-order valence-corrected chi connectivity index (χ2v) is 4.22. The van der Waals surface area contributed by atoms with Crippen LogP contribution >= 0.6 is 0 Å². The molecule has 0 saturated heterocycles. The van der Waals surface area contributed by atoms with E-state index in [-0.39, 0.29) is 0 Å². The van der Waals surface area contributed by atoms with Gasteiger partial charge in [0.2, 0.25) is 0 Å². The van der Waals surface area contributed by atoms with Crippen LogP contribution in [0.4, 0.5) is 0 Å². The molecule has 0 aromatic heterocycles. The molecule has 1 unspecified atom stereocenters. The molecule has 0 spiro atoms. The monoisotopic (exact) mass is 171 g/mol. The highest BCUT2D eigenvalue weighted by atomic mass is 15.1. The zero-order chi connectivity index (χ0) is 9.40. The topological polar surface area (TPSA) is 3.24 Å². The van der Waals surface area contributed by atoms with E-state index in [1.54, 1.807) is 0 Å². The summed E-state index contributed by atoms with van der Waals surface area (Å²) >= 11 is 0. The van der Waals surface area contributed by atoms with Crippen LogP contribution in [0.25, 0.3) is 0 Å². The van der Waals surface area contributed by atoms with E-state index in [1.165, 1.54) is 38.6 Å². The first-order valence-electron chi connectivity index (χ1n) is 5.31. The molecule has 0 amide bonds. The highest BCUT2D eigenvalue weighted by molar-refractivity contribution is 4.56. The van der Waals surface area contributed by atoms with Crippen LogP contribution in [0, 0.1) is 5.92 Å². The lowest BCUT2D eigenvalue weighted by Crippen LogP contribution is -2.19. The Bertz CT molecular complexity index is 89.0. The van der Waals surface area contributed by atoms with E-state index in [0.29, 0.717) is 0 Å². The highest BCUT2D eigenvalue weighted by Crippen LogP contribution is 2.10. The zero-order valence-electron chi connectivity index (χ0n) is 9.27. The molecular weight excluding hydrogens is 146 g/mol. The Labute approximate surface area is 78.1 Å². The fourth-order valence-corrected chi connectivity index (χ4v) is 1.63. The lowest BCUT2D eigenvalue weighted by molar-refractivity contribution is 0.321. The summed E-state index contributed by atoms with van der Waals surface area (Å²) in [7, 11) is 4.31. The Morgan fingerprint density at radius 2 is 1.75 bits per heavy atom. The van der Waals surface area contributed by atoms with Crippen molar-refractivity contribution < 1.29 is 0 Å². The highest BCUT2D eigenvalue weighted by Gasteiger charge is 2.02. The van der Waals surface area contributed by atoms with E-state index in [0.717, 1.165) is 5.92 Å². The van der Waals surface area contributed by atoms with Crippen molar-refractivity contribution in [1.29, 1.82) is 0 Å². The first-order valence-corrected chi connectivity index (χ1v) is 5.31. The van der Waals surface area contributed by atoms with Gasteiger partial charge in [0.1, 0.15) is 0 Å². The van der Waals surface area contributed by atoms with Crippen molar-refractivity contribution >= 4 is 0 Å². The lowest BCUT2D eigenvalue weighted by atomic mass is 10.0. The summed E-state index contributed by atoms with van der Waals surface area (Å²) < 4.78 is 0. The fraction of sp³-hybridized carbons (Fsp3) is 1.00. The Morgan fingerprint density at radius 3 is 2.25 bits per heavy atom. The molecule has 0 aromatic rings. The first-order chi connectivity index (χ1) is 5.66. The van der Waals surface area contributed by atoms with Gasteiger partial charge in [-0.2, -0.15) is 0 Å². The summed E-state index contributed by atoms with van der Waals surface area (Å²) in [5.41, 5.74) is 0. The minimum absolute atomic E-state index is 0.872. The summed E-state index contributed by atoms with van der Waals surface area (Å²) in [6.07, 6.45) is 7.01. The molecule has 0 N–H and O–H groups in total. The third-order valence-corrected chi connectivity index (χ3v) is 2.23. The Hall–Kier alpha value is -0.0400. The van der Waals surface area contributed by atoms with Gasteiger partial charge in [0.05, 0.1) is 0 Å². The van der Waals surface area contributed by atoms with E-state index in [1.807, 2.05) is 0 Å². The summed E-state index contributed by atoms with van der Waals surface area (Å²) in [6, 6.07) is 0. The lowest BCUT2D eigenvalue weighted by Gasteiger charge is -2.16. The molecule has 0 aromatic carbocycles. The van der Waals surface area contributed by atoms with Crippen molar-refractivity contribution in [3.8, 4) is 0 Å². The van der Waals surface area contributed by atoms with Crippen LogP contribution in [0.2, 0.25) is 0 Å². The molecule has 0 bridgehead atoms. The van der Waals surface area contributed by atoms with Crippen molar-refractivity contribution in [1.82, 2.24) is 4.90 Å². The molecule has 0 saturated carbocycles. The molecule has 0 aliphatic heterocycles. The minimum atomic E-state index is 0.872. The van der Waals surface area contributed by atoms with Crippen LogP contribution in [-0.2, 0) is 0 Å². The van der Waals surface area contributed by atoms with E-state index < -0.39 is 0 Å². The zero-order valence-corrected chi connectivity index (χ0v) is 9.27. The van der Waals surface area contributed by atoms with Crippen molar-refractivity contribution in [2.45, 2.75) is 46.0 Å². The van der Waals surface area contributed by atoms with Crippen LogP contribution in [-0.4, -0.2) is 25.5 Å². The maximum atomic E-state index is 2.35.